The van der Waals surface area contributed by atoms with Crippen LogP contribution in [0, 0.1) is 5.41 Å². The SMILES string of the molecule is N=C1CCc2cc(OCc3ccc(C(F)(F)F)cc3)ccc21. The van der Waals surface area contributed by atoms with E-state index in [9.17, 15) is 13.2 Å². The van der Waals surface area contributed by atoms with Gasteiger partial charge in [-0.1, -0.05) is 12.1 Å². The van der Waals surface area contributed by atoms with Crippen molar-refractivity contribution in [1.29, 1.82) is 5.41 Å². The fraction of sp³-hybridized carbons (Fsp3) is 0.235. The molecule has 0 amide bonds. The molecule has 0 heterocycles. The number of hydrogen-bond donors (Lipinski definition) is 1. The second-order valence-electron chi connectivity index (χ2n) is 5.28. The molecule has 0 aliphatic heterocycles. The minimum atomic E-state index is -4.32. The summed E-state index contributed by atoms with van der Waals surface area (Å²) in [4.78, 5) is 0. The molecule has 0 saturated heterocycles. The lowest BCUT2D eigenvalue weighted by atomic mass is 10.1. The molecule has 0 saturated carbocycles. The summed E-state index contributed by atoms with van der Waals surface area (Å²) in [5.41, 5.74) is 2.72. The first-order valence-corrected chi connectivity index (χ1v) is 6.93. The Morgan fingerprint density at radius 3 is 2.41 bits per heavy atom. The molecule has 2 aromatic rings. The predicted molar refractivity (Wildman–Crippen MR) is 77.4 cm³/mol. The maximum absolute atomic E-state index is 12.5. The molecular formula is C17H14F3NO. The Hall–Kier alpha value is -2.30. The molecule has 0 bridgehead atoms. The Morgan fingerprint density at radius 2 is 1.73 bits per heavy atom. The summed E-state index contributed by atoms with van der Waals surface area (Å²) in [5.74, 6) is 0.674. The zero-order chi connectivity index (χ0) is 15.7. The third kappa shape index (κ3) is 2.98. The summed E-state index contributed by atoms with van der Waals surface area (Å²) in [6, 6.07) is 10.5. The molecule has 0 radical (unpaired) electrons. The molecule has 3 rings (SSSR count). The lowest BCUT2D eigenvalue weighted by molar-refractivity contribution is -0.137. The zero-order valence-corrected chi connectivity index (χ0v) is 11.7. The van der Waals surface area contributed by atoms with Gasteiger partial charge in [0.05, 0.1) is 5.56 Å². The van der Waals surface area contributed by atoms with Gasteiger partial charge < -0.3 is 10.1 Å². The van der Waals surface area contributed by atoms with E-state index in [1.54, 1.807) is 6.07 Å². The van der Waals surface area contributed by atoms with Crippen molar-refractivity contribution < 1.29 is 17.9 Å². The minimum absolute atomic E-state index is 0.217. The van der Waals surface area contributed by atoms with E-state index in [0.29, 0.717) is 17.0 Å². The summed E-state index contributed by atoms with van der Waals surface area (Å²) in [5, 5.41) is 7.78. The van der Waals surface area contributed by atoms with E-state index in [0.717, 1.165) is 36.1 Å². The lowest BCUT2D eigenvalue weighted by Gasteiger charge is -2.10. The molecule has 0 fully saturated rings. The molecule has 0 atom stereocenters. The topological polar surface area (TPSA) is 33.1 Å². The van der Waals surface area contributed by atoms with Crippen LogP contribution in [0.1, 0.15) is 28.7 Å². The van der Waals surface area contributed by atoms with E-state index < -0.39 is 11.7 Å². The van der Waals surface area contributed by atoms with E-state index in [1.165, 1.54) is 12.1 Å². The Kier molecular flexibility index (Phi) is 3.64. The van der Waals surface area contributed by atoms with Gasteiger partial charge in [-0.15, -0.1) is 0 Å². The van der Waals surface area contributed by atoms with Gasteiger partial charge in [0.1, 0.15) is 12.4 Å². The van der Waals surface area contributed by atoms with Gasteiger partial charge in [0.25, 0.3) is 0 Å². The van der Waals surface area contributed by atoms with Crippen LogP contribution < -0.4 is 4.74 Å². The predicted octanol–water partition coefficient (Wildman–Crippen LogP) is 4.60. The third-order valence-electron chi connectivity index (χ3n) is 3.73. The largest absolute Gasteiger partial charge is 0.489 e. The van der Waals surface area contributed by atoms with Crippen LogP contribution in [0.4, 0.5) is 13.2 Å². The molecule has 5 heteroatoms. The first kappa shape index (κ1) is 14.6. The van der Waals surface area contributed by atoms with Crippen molar-refractivity contribution in [1.82, 2.24) is 0 Å². The number of fused-ring (bicyclic) bond motifs is 1. The number of hydrogen-bond acceptors (Lipinski definition) is 2. The highest BCUT2D eigenvalue weighted by atomic mass is 19.4. The van der Waals surface area contributed by atoms with Crippen molar-refractivity contribution in [2.45, 2.75) is 25.6 Å². The van der Waals surface area contributed by atoms with Gasteiger partial charge in [-0.3, -0.25) is 0 Å². The molecule has 114 valence electrons. The fourth-order valence-corrected chi connectivity index (χ4v) is 2.51. The van der Waals surface area contributed by atoms with Crippen LogP contribution in [0.15, 0.2) is 42.5 Å². The van der Waals surface area contributed by atoms with Gasteiger partial charge in [0.15, 0.2) is 0 Å². The van der Waals surface area contributed by atoms with Crippen LogP contribution >= 0.6 is 0 Å². The second kappa shape index (κ2) is 5.48. The highest BCUT2D eigenvalue weighted by molar-refractivity contribution is 6.02. The number of ether oxygens (including phenoxy) is 1. The van der Waals surface area contributed by atoms with E-state index >= 15 is 0 Å². The number of halogens is 3. The Morgan fingerprint density at radius 1 is 1.00 bits per heavy atom. The molecule has 1 aliphatic rings. The van der Waals surface area contributed by atoms with Gasteiger partial charge in [0, 0.05) is 5.71 Å². The number of alkyl halides is 3. The van der Waals surface area contributed by atoms with Gasteiger partial charge in [-0.2, -0.15) is 13.2 Å². The second-order valence-corrected chi connectivity index (χ2v) is 5.28. The number of rotatable bonds is 3. The van der Waals surface area contributed by atoms with Crippen LogP contribution in [-0.4, -0.2) is 5.71 Å². The normalized spacial score (nSPS) is 14.0. The average molecular weight is 305 g/mol. The first-order valence-electron chi connectivity index (χ1n) is 6.93. The summed E-state index contributed by atoms with van der Waals surface area (Å²) in [6.45, 7) is 0.217. The number of aryl methyl sites for hydroxylation is 1. The highest BCUT2D eigenvalue weighted by Gasteiger charge is 2.29. The number of benzene rings is 2. The van der Waals surface area contributed by atoms with Crippen molar-refractivity contribution in [3.63, 3.8) is 0 Å². The smallest absolute Gasteiger partial charge is 0.416 e. The van der Waals surface area contributed by atoms with Crippen LogP contribution in [0.2, 0.25) is 0 Å². The quantitative estimate of drug-likeness (QED) is 0.883. The Labute approximate surface area is 126 Å². The van der Waals surface area contributed by atoms with Gasteiger partial charge in [-0.25, -0.2) is 0 Å². The van der Waals surface area contributed by atoms with Crippen molar-refractivity contribution in [2.75, 3.05) is 0 Å². The minimum Gasteiger partial charge on any atom is -0.489 e. The molecular weight excluding hydrogens is 291 g/mol. The van der Waals surface area contributed by atoms with Crippen LogP contribution in [0.5, 0.6) is 5.75 Å². The fourth-order valence-electron chi connectivity index (χ4n) is 2.51. The van der Waals surface area contributed by atoms with Crippen molar-refractivity contribution in [3.8, 4) is 5.75 Å². The van der Waals surface area contributed by atoms with Crippen LogP contribution in [0.25, 0.3) is 0 Å². The van der Waals surface area contributed by atoms with Crippen molar-refractivity contribution in [3.05, 3.63) is 64.7 Å². The van der Waals surface area contributed by atoms with E-state index in [4.69, 9.17) is 10.1 Å². The third-order valence-corrected chi connectivity index (χ3v) is 3.73. The monoisotopic (exact) mass is 305 g/mol. The zero-order valence-electron chi connectivity index (χ0n) is 11.7. The molecule has 0 unspecified atom stereocenters. The number of nitrogens with one attached hydrogen (secondary N) is 1. The maximum atomic E-state index is 12.5. The Bertz CT molecular complexity index is 705. The van der Waals surface area contributed by atoms with E-state index in [-0.39, 0.29) is 6.61 Å². The molecule has 22 heavy (non-hydrogen) atoms. The van der Waals surface area contributed by atoms with E-state index in [2.05, 4.69) is 0 Å². The highest BCUT2D eigenvalue weighted by Crippen LogP contribution is 2.29. The van der Waals surface area contributed by atoms with Crippen molar-refractivity contribution >= 4 is 5.71 Å². The molecule has 1 aliphatic carbocycles. The van der Waals surface area contributed by atoms with Crippen LogP contribution in [0.3, 0.4) is 0 Å². The van der Waals surface area contributed by atoms with E-state index in [1.807, 2.05) is 12.1 Å². The molecule has 1 N–H and O–H groups in total. The standard InChI is InChI=1S/C17H14F3NO/c18-17(19,20)13-4-1-11(2-5-13)10-22-14-6-7-15-12(9-14)3-8-16(15)21/h1-2,4-7,9,21H,3,8,10H2. The first-order chi connectivity index (χ1) is 10.4. The summed E-state index contributed by atoms with van der Waals surface area (Å²) >= 11 is 0. The summed E-state index contributed by atoms with van der Waals surface area (Å²) < 4.78 is 43.1. The molecule has 2 aromatic carbocycles. The Balaban J connectivity index is 1.67. The van der Waals surface area contributed by atoms with Gasteiger partial charge >= 0.3 is 6.18 Å². The average Bonchev–Trinajstić information content (AvgIpc) is 2.86. The van der Waals surface area contributed by atoms with Crippen molar-refractivity contribution in [2.24, 2.45) is 0 Å². The lowest BCUT2D eigenvalue weighted by Crippen LogP contribution is -2.05. The molecule has 0 spiro atoms. The summed E-state index contributed by atoms with van der Waals surface area (Å²) in [7, 11) is 0. The van der Waals surface area contributed by atoms with Gasteiger partial charge in [0.2, 0.25) is 0 Å². The van der Waals surface area contributed by atoms with Crippen LogP contribution in [-0.2, 0) is 19.2 Å². The molecule has 0 aromatic heterocycles. The summed E-state index contributed by atoms with van der Waals surface area (Å²) in [6.07, 6.45) is -2.73. The van der Waals surface area contributed by atoms with Gasteiger partial charge in [-0.05, 0) is 59.9 Å². The molecule has 2 nitrogen and oxygen atoms in total. The maximum Gasteiger partial charge on any atom is 0.416 e.